The molecule has 0 spiro atoms. The van der Waals surface area contributed by atoms with Crippen LogP contribution in [0.25, 0.3) is 5.57 Å². The van der Waals surface area contributed by atoms with E-state index in [1.165, 1.54) is 12.1 Å². The van der Waals surface area contributed by atoms with E-state index in [9.17, 15) is 23.1 Å². The van der Waals surface area contributed by atoms with Crippen LogP contribution in [-0.4, -0.2) is 16.6 Å². The molecule has 2 aromatic rings. The van der Waals surface area contributed by atoms with Crippen LogP contribution >= 0.6 is 0 Å². The minimum absolute atomic E-state index is 0.149. The van der Waals surface area contributed by atoms with Crippen LogP contribution in [0.1, 0.15) is 74.3 Å². The van der Waals surface area contributed by atoms with Gasteiger partial charge in [-0.25, -0.2) is 0 Å². The molecule has 2 aliphatic rings. The van der Waals surface area contributed by atoms with E-state index in [0.717, 1.165) is 36.1 Å². The van der Waals surface area contributed by atoms with Gasteiger partial charge in [0, 0.05) is 23.7 Å². The highest BCUT2D eigenvalue weighted by atomic mass is 19.4. The first-order chi connectivity index (χ1) is 15.6. The molecule has 4 nitrogen and oxygen atoms in total. The highest BCUT2D eigenvalue weighted by molar-refractivity contribution is 6.04. The van der Waals surface area contributed by atoms with E-state index >= 15 is 0 Å². The molecule has 1 amide bonds. The number of halogens is 3. The number of carbonyl (C=O) groups is 1. The number of hydrogen-bond donors (Lipinski definition) is 2. The summed E-state index contributed by atoms with van der Waals surface area (Å²) in [5, 5.41) is 13.1. The molecule has 0 unspecified atom stereocenters. The van der Waals surface area contributed by atoms with Crippen LogP contribution in [0.3, 0.4) is 0 Å². The molecule has 0 saturated carbocycles. The average Bonchev–Trinajstić information content (AvgIpc) is 2.78. The van der Waals surface area contributed by atoms with Gasteiger partial charge in [0.25, 0.3) is 0 Å². The SMILES string of the molecule is CCC1(CC)C/C(=C\C(=O)Nc2ccc3c(c2)[C@@H](O)CCC3)c2ccc(C(F)(F)F)cc2O1. The van der Waals surface area contributed by atoms with E-state index in [2.05, 4.69) is 5.32 Å². The molecule has 1 heterocycles. The normalized spacial score (nSPS) is 20.5. The minimum atomic E-state index is -4.48. The first-order valence-electron chi connectivity index (χ1n) is 11.4. The van der Waals surface area contributed by atoms with Crippen molar-refractivity contribution in [2.45, 2.75) is 70.3 Å². The molecule has 33 heavy (non-hydrogen) atoms. The van der Waals surface area contributed by atoms with Crippen molar-refractivity contribution in [2.75, 3.05) is 5.32 Å². The third-order valence-corrected chi connectivity index (χ3v) is 6.78. The Morgan fingerprint density at radius 1 is 1.21 bits per heavy atom. The largest absolute Gasteiger partial charge is 0.486 e. The third kappa shape index (κ3) is 4.78. The van der Waals surface area contributed by atoms with Crippen LogP contribution < -0.4 is 10.1 Å². The van der Waals surface area contributed by atoms with Crippen LogP contribution in [0.5, 0.6) is 5.75 Å². The lowest BCUT2D eigenvalue weighted by Crippen LogP contribution is -2.38. The second-order valence-electron chi connectivity index (χ2n) is 8.86. The number of benzene rings is 2. The molecule has 2 aromatic carbocycles. The molecule has 1 aliphatic heterocycles. The Labute approximate surface area is 191 Å². The maximum Gasteiger partial charge on any atom is 0.416 e. The van der Waals surface area contributed by atoms with Crippen molar-refractivity contribution in [2.24, 2.45) is 0 Å². The molecule has 176 valence electrons. The summed E-state index contributed by atoms with van der Waals surface area (Å²) >= 11 is 0. The predicted octanol–water partition coefficient (Wildman–Crippen LogP) is 6.44. The molecule has 1 aliphatic carbocycles. The van der Waals surface area contributed by atoms with Crippen LogP contribution in [0.2, 0.25) is 0 Å². The number of aliphatic hydroxyl groups is 1. The van der Waals surface area contributed by atoms with Gasteiger partial charge in [0.1, 0.15) is 11.4 Å². The van der Waals surface area contributed by atoms with Gasteiger partial charge in [-0.2, -0.15) is 13.2 Å². The second-order valence-corrected chi connectivity index (χ2v) is 8.86. The van der Waals surface area contributed by atoms with Gasteiger partial charge in [-0.05, 0) is 73.1 Å². The topological polar surface area (TPSA) is 58.6 Å². The fourth-order valence-corrected chi connectivity index (χ4v) is 4.72. The lowest BCUT2D eigenvalue weighted by atomic mass is 9.82. The Morgan fingerprint density at radius 2 is 1.97 bits per heavy atom. The standard InChI is InChI=1S/C26H28F3NO3/c1-3-25(4-2)15-17(20-11-9-18(26(27,28)29)13-23(20)33-25)12-24(32)30-19-10-8-16-6-5-7-22(31)21(16)14-19/h8-14,22,31H,3-7,15H2,1-2H3,(H,30,32)/b17-12+/t22-/m0/s1. The molecule has 0 aromatic heterocycles. The van der Waals surface area contributed by atoms with Gasteiger partial charge in [-0.1, -0.05) is 26.0 Å². The Hall–Kier alpha value is -2.80. The molecule has 4 rings (SSSR count). The molecule has 0 fully saturated rings. The minimum Gasteiger partial charge on any atom is -0.486 e. The third-order valence-electron chi connectivity index (χ3n) is 6.78. The summed E-state index contributed by atoms with van der Waals surface area (Å²) in [6.45, 7) is 3.86. The number of carbonyl (C=O) groups excluding carboxylic acids is 1. The first-order valence-corrected chi connectivity index (χ1v) is 11.4. The fraction of sp³-hybridized carbons (Fsp3) is 0.423. The van der Waals surface area contributed by atoms with Crippen LogP contribution in [0.15, 0.2) is 42.5 Å². The molecule has 7 heteroatoms. The van der Waals surface area contributed by atoms with Crippen molar-refractivity contribution in [3.05, 3.63) is 64.7 Å². The van der Waals surface area contributed by atoms with Gasteiger partial charge in [0.15, 0.2) is 0 Å². The molecule has 1 atom stereocenters. The van der Waals surface area contributed by atoms with Crippen molar-refractivity contribution in [1.82, 2.24) is 0 Å². The highest BCUT2D eigenvalue weighted by Gasteiger charge is 2.38. The number of ether oxygens (including phenoxy) is 1. The average molecular weight is 460 g/mol. The maximum atomic E-state index is 13.3. The maximum absolute atomic E-state index is 13.3. The highest BCUT2D eigenvalue weighted by Crippen LogP contribution is 2.45. The quantitative estimate of drug-likeness (QED) is 0.518. The monoisotopic (exact) mass is 459 g/mol. The Bertz CT molecular complexity index is 1090. The van der Waals surface area contributed by atoms with Crippen molar-refractivity contribution in [3.8, 4) is 5.75 Å². The fourth-order valence-electron chi connectivity index (χ4n) is 4.72. The Balaban J connectivity index is 1.65. The molecule has 0 bridgehead atoms. The first kappa shape index (κ1) is 23.4. The smallest absolute Gasteiger partial charge is 0.416 e. The van der Waals surface area contributed by atoms with E-state index in [1.807, 2.05) is 26.0 Å². The summed E-state index contributed by atoms with van der Waals surface area (Å²) in [5.41, 5.74) is 2.19. The van der Waals surface area contributed by atoms with E-state index in [-0.39, 0.29) is 11.7 Å². The summed E-state index contributed by atoms with van der Waals surface area (Å²) in [6.07, 6.45) is 0.582. The van der Waals surface area contributed by atoms with Gasteiger partial charge >= 0.3 is 6.18 Å². The lowest BCUT2D eigenvalue weighted by molar-refractivity contribution is -0.137. The zero-order valence-corrected chi connectivity index (χ0v) is 18.8. The lowest BCUT2D eigenvalue weighted by Gasteiger charge is -2.39. The number of alkyl halides is 3. The van der Waals surface area contributed by atoms with E-state index < -0.39 is 23.4 Å². The predicted molar refractivity (Wildman–Crippen MR) is 121 cm³/mol. The number of rotatable bonds is 4. The Morgan fingerprint density at radius 3 is 2.67 bits per heavy atom. The molecular weight excluding hydrogens is 431 g/mol. The van der Waals surface area contributed by atoms with Gasteiger partial charge in [-0.15, -0.1) is 0 Å². The number of nitrogens with one attached hydrogen (secondary N) is 1. The number of fused-ring (bicyclic) bond motifs is 2. The van der Waals surface area contributed by atoms with Gasteiger partial charge < -0.3 is 15.2 Å². The van der Waals surface area contributed by atoms with Gasteiger partial charge in [0.05, 0.1) is 11.7 Å². The number of aliphatic hydroxyl groups excluding tert-OH is 1. The molecule has 0 radical (unpaired) electrons. The van der Waals surface area contributed by atoms with Crippen LogP contribution in [0.4, 0.5) is 18.9 Å². The van der Waals surface area contributed by atoms with Crippen LogP contribution in [0, 0.1) is 0 Å². The Kier molecular flexibility index (Phi) is 6.27. The van der Waals surface area contributed by atoms with Gasteiger partial charge in [0.2, 0.25) is 5.91 Å². The van der Waals surface area contributed by atoms with Crippen molar-refractivity contribution in [1.29, 1.82) is 0 Å². The summed E-state index contributed by atoms with van der Waals surface area (Å²) in [5.74, 6) is -0.222. The number of aryl methyl sites for hydroxylation is 1. The number of anilines is 1. The van der Waals surface area contributed by atoms with E-state index in [4.69, 9.17) is 4.74 Å². The van der Waals surface area contributed by atoms with Gasteiger partial charge in [-0.3, -0.25) is 4.79 Å². The van der Waals surface area contributed by atoms with Crippen molar-refractivity contribution in [3.63, 3.8) is 0 Å². The second kappa shape index (κ2) is 8.86. The number of amides is 1. The summed E-state index contributed by atoms with van der Waals surface area (Å²) in [7, 11) is 0. The van der Waals surface area contributed by atoms with E-state index in [0.29, 0.717) is 42.5 Å². The summed E-state index contributed by atoms with van der Waals surface area (Å²) in [6, 6.07) is 8.94. The van der Waals surface area contributed by atoms with E-state index in [1.54, 1.807) is 6.07 Å². The van der Waals surface area contributed by atoms with Crippen molar-refractivity contribution >= 4 is 17.2 Å². The number of hydrogen-bond acceptors (Lipinski definition) is 3. The zero-order chi connectivity index (χ0) is 23.8. The zero-order valence-electron chi connectivity index (χ0n) is 18.8. The summed E-state index contributed by atoms with van der Waals surface area (Å²) < 4.78 is 45.8. The van der Waals surface area contributed by atoms with Crippen molar-refractivity contribution < 1.29 is 27.8 Å². The summed E-state index contributed by atoms with van der Waals surface area (Å²) in [4.78, 5) is 12.9. The molecular formula is C26H28F3NO3. The van der Waals surface area contributed by atoms with Crippen LogP contribution in [-0.2, 0) is 17.4 Å². The molecule has 2 N–H and O–H groups in total. The molecule has 0 saturated heterocycles.